The molecule has 0 saturated heterocycles. The van der Waals surface area contributed by atoms with E-state index in [1.165, 1.54) is 25.7 Å². The average molecular weight is 238 g/mol. The molecule has 17 heavy (non-hydrogen) atoms. The lowest BCUT2D eigenvalue weighted by molar-refractivity contribution is -0.0634. The van der Waals surface area contributed by atoms with Crippen molar-refractivity contribution in [2.24, 2.45) is 28.1 Å². The van der Waals surface area contributed by atoms with E-state index in [2.05, 4.69) is 55.4 Å². The van der Waals surface area contributed by atoms with Crippen molar-refractivity contribution in [1.29, 1.82) is 0 Å². The Bertz CT molecular complexity index is 250. The first-order valence-corrected chi connectivity index (χ1v) is 7.53. The molecule has 0 bridgehead atoms. The predicted molar refractivity (Wildman–Crippen MR) is 78.1 cm³/mol. The molecule has 0 amide bonds. The monoisotopic (exact) mass is 238 g/mol. The van der Waals surface area contributed by atoms with Crippen LogP contribution >= 0.6 is 0 Å². The minimum absolute atomic E-state index is 0.394. The van der Waals surface area contributed by atoms with Gasteiger partial charge in [-0.05, 0) is 47.3 Å². The Hall–Kier alpha value is 0. The second-order valence-corrected chi connectivity index (χ2v) is 8.47. The fourth-order valence-corrected chi connectivity index (χ4v) is 3.80. The maximum atomic E-state index is 2.54. The van der Waals surface area contributed by atoms with E-state index in [1.54, 1.807) is 0 Å². The van der Waals surface area contributed by atoms with Crippen molar-refractivity contribution >= 4 is 0 Å². The number of hydrogen-bond acceptors (Lipinski definition) is 0. The second kappa shape index (κ2) is 4.59. The fourth-order valence-electron chi connectivity index (χ4n) is 3.80. The lowest BCUT2D eigenvalue weighted by atomic mass is 9.49. The summed E-state index contributed by atoms with van der Waals surface area (Å²) in [4.78, 5) is 0. The molecule has 0 N–H and O–H groups in total. The zero-order valence-electron chi connectivity index (χ0n) is 13.5. The van der Waals surface area contributed by atoms with E-state index in [4.69, 9.17) is 0 Å². The maximum Gasteiger partial charge on any atom is -0.0223 e. The highest BCUT2D eigenvalue weighted by atomic mass is 14.5. The molecule has 0 aromatic rings. The first-order valence-electron chi connectivity index (χ1n) is 7.53. The quantitative estimate of drug-likeness (QED) is 0.571. The van der Waals surface area contributed by atoms with Gasteiger partial charge in [0, 0.05) is 0 Å². The minimum Gasteiger partial charge on any atom is -0.0649 e. The zero-order valence-corrected chi connectivity index (χ0v) is 13.5. The van der Waals surface area contributed by atoms with Crippen molar-refractivity contribution in [3.8, 4) is 0 Å². The summed E-state index contributed by atoms with van der Waals surface area (Å²) < 4.78 is 0. The van der Waals surface area contributed by atoms with Crippen molar-refractivity contribution < 1.29 is 0 Å². The van der Waals surface area contributed by atoms with Gasteiger partial charge >= 0.3 is 0 Å². The summed E-state index contributed by atoms with van der Waals surface area (Å²) in [6.07, 6.45) is 5.63. The minimum atomic E-state index is 0.394. The Morgan fingerprint density at radius 1 is 0.941 bits per heavy atom. The molecule has 1 saturated carbocycles. The Labute approximate surface area is 110 Å². The summed E-state index contributed by atoms with van der Waals surface area (Å²) in [5.74, 6) is 1.97. The summed E-state index contributed by atoms with van der Waals surface area (Å²) >= 11 is 0. The molecule has 0 aromatic heterocycles. The second-order valence-electron chi connectivity index (χ2n) is 8.47. The van der Waals surface area contributed by atoms with Crippen LogP contribution in [0.3, 0.4) is 0 Å². The molecule has 1 unspecified atom stereocenters. The van der Waals surface area contributed by atoms with Crippen LogP contribution in [0.1, 0.15) is 81.1 Å². The first-order chi connectivity index (χ1) is 7.53. The standard InChI is InChI=1S/C17H34/c1-9-16(6,7)17(8,15(3,4)5)12-14-10-13(2)11-14/h13-14H,9-12H2,1-8H3. The summed E-state index contributed by atoms with van der Waals surface area (Å²) in [5.41, 5.74) is 1.27. The molecular weight excluding hydrogens is 204 g/mol. The fraction of sp³-hybridized carbons (Fsp3) is 1.00. The van der Waals surface area contributed by atoms with E-state index in [1.807, 2.05) is 0 Å². The van der Waals surface area contributed by atoms with E-state index in [9.17, 15) is 0 Å². The third-order valence-corrected chi connectivity index (χ3v) is 6.20. The molecule has 0 heteroatoms. The molecule has 102 valence electrons. The van der Waals surface area contributed by atoms with E-state index >= 15 is 0 Å². The van der Waals surface area contributed by atoms with Crippen LogP contribution < -0.4 is 0 Å². The third kappa shape index (κ3) is 2.71. The van der Waals surface area contributed by atoms with Crippen LogP contribution in [-0.4, -0.2) is 0 Å². The van der Waals surface area contributed by atoms with Gasteiger partial charge in [-0.15, -0.1) is 0 Å². The topological polar surface area (TPSA) is 0 Å². The van der Waals surface area contributed by atoms with E-state index in [-0.39, 0.29) is 0 Å². The lowest BCUT2D eigenvalue weighted by Crippen LogP contribution is -2.47. The van der Waals surface area contributed by atoms with Gasteiger partial charge in [0.25, 0.3) is 0 Å². The summed E-state index contributed by atoms with van der Waals surface area (Å²) in [5, 5.41) is 0. The van der Waals surface area contributed by atoms with Gasteiger partial charge in [0.05, 0.1) is 0 Å². The molecule has 0 nitrogen and oxygen atoms in total. The van der Waals surface area contributed by atoms with E-state index in [0.29, 0.717) is 16.2 Å². The third-order valence-electron chi connectivity index (χ3n) is 6.20. The van der Waals surface area contributed by atoms with Crippen LogP contribution in [-0.2, 0) is 0 Å². The van der Waals surface area contributed by atoms with Gasteiger partial charge in [0.15, 0.2) is 0 Å². The Kier molecular flexibility index (Phi) is 4.07. The molecule has 0 spiro atoms. The first kappa shape index (κ1) is 15.1. The SMILES string of the molecule is CCC(C)(C)C(C)(CC1CC(C)C1)C(C)(C)C. The summed E-state index contributed by atoms with van der Waals surface area (Å²) in [7, 11) is 0. The highest BCUT2D eigenvalue weighted by molar-refractivity contribution is 4.99. The average Bonchev–Trinajstić information content (AvgIpc) is 2.13. The lowest BCUT2D eigenvalue weighted by Gasteiger charge is -2.56. The van der Waals surface area contributed by atoms with Crippen LogP contribution in [0.5, 0.6) is 0 Å². The molecule has 0 aromatic carbocycles. The molecule has 1 fully saturated rings. The van der Waals surface area contributed by atoms with Gasteiger partial charge in [-0.25, -0.2) is 0 Å². The zero-order chi connectivity index (χ0) is 13.5. The molecule has 1 aliphatic rings. The highest BCUT2D eigenvalue weighted by Gasteiger charge is 2.49. The Balaban J connectivity index is 2.87. The van der Waals surface area contributed by atoms with Crippen LogP contribution in [0.15, 0.2) is 0 Å². The van der Waals surface area contributed by atoms with Crippen LogP contribution in [0, 0.1) is 28.1 Å². The summed E-state index contributed by atoms with van der Waals surface area (Å²) in [6.45, 7) is 19.6. The van der Waals surface area contributed by atoms with Crippen molar-refractivity contribution in [2.45, 2.75) is 81.1 Å². The molecule has 0 radical (unpaired) electrons. The maximum absolute atomic E-state index is 2.54. The number of hydrogen-bond donors (Lipinski definition) is 0. The molecule has 1 rings (SSSR count). The van der Waals surface area contributed by atoms with Crippen molar-refractivity contribution in [2.75, 3.05) is 0 Å². The van der Waals surface area contributed by atoms with Gasteiger partial charge in [0.1, 0.15) is 0 Å². The Morgan fingerprint density at radius 3 is 1.71 bits per heavy atom. The normalized spacial score (nSPS) is 29.6. The number of rotatable bonds is 4. The largest absolute Gasteiger partial charge is 0.0649 e. The Morgan fingerprint density at radius 2 is 1.41 bits per heavy atom. The van der Waals surface area contributed by atoms with Gasteiger partial charge < -0.3 is 0 Å². The molecule has 1 atom stereocenters. The molecule has 0 heterocycles. The van der Waals surface area contributed by atoms with Gasteiger partial charge in [0.2, 0.25) is 0 Å². The van der Waals surface area contributed by atoms with Crippen LogP contribution in [0.2, 0.25) is 0 Å². The summed E-state index contributed by atoms with van der Waals surface area (Å²) in [6, 6.07) is 0. The smallest absolute Gasteiger partial charge is 0.0223 e. The molecular formula is C17H34. The van der Waals surface area contributed by atoms with Gasteiger partial charge in [-0.1, -0.05) is 61.8 Å². The molecule has 1 aliphatic carbocycles. The van der Waals surface area contributed by atoms with Gasteiger partial charge in [-0.3, -0.25) is 0 Å². The van der Waals surface area contributed by atoms with Crippen LogP contribution in [0.25, 0.3) is 0 Å². The molecule has 0 aliphatic heterocycles. The van der Waals surface area contributed by atoms with Crippen molar-refractivity contribution in [3.63, 3.8) is 0 Å². The van der Waals surface area contributed by atoms with Crippen molar-refractivity contribution in [1.82, 2.24) is 0 Å². The van der Waals surface area contributed by atoms with E-state index < -0.39 is 0 Å². The van der Waals surface area contributed by atoms with Gasteiger partial charge in [-0.2, -0.15) is 0 Å². The predicted octanol–water partition coefficient (Wildman–Crippen LogP) is 5.91. The van der Waals surface area contributed by atoms with E-state index in [0.717, 1.165) is 11.8 Å². The van der Waals surface area contributed by atoms with Crippen LogP contribution in [0.4, 0.5) is 0 Å². The highest BCUT2D eigenvalue weighted by Crippen LogP contribution is 2.58. The van der Waals surface area contributed by atoms with Crippen molar-refractivity contribution in [3.05, 3.63) is 0 Å².